The quantitative estimate of drug-likeness (QED) is 0.840. The first kappa shape index (κ1) is 15.7. The smallest absolute Gasteiger partial charge is 0.246 e. The van der Waals surface area contributed by atoms with Gasteiger partial charge < -0.3 is 10.8 Å². The molecule has 0 bridgehead atoms. The Morgan fingerprint density at radius 2 is 2.10 bits per heavy atom. The molecule has 1 aromatic heterocycles. The van der Waals surface area contributed by atoms with Crippen molar-refractivity contribution in [3.63, 3.8) is 0 Å². The Morgan fingerprint density at radius 1 is 1.50 bits per heavy atom. The van der Waals surface area contributed by atoms with E-state index in [1.807, 2.05) is 0 Å². The van der Waals surface area contributed by atoms with E-state index in [0.29, 0.717) is 30.4 Å². The molecule has 1 aromatic rings. The second kappa shape index (κ2) is 5.97. The van der Waals surface area contributed by atoms with Gasteiger partial charge in [-0.15, -0.1) is 0 Å². The number of sulfonamides is 1. The lowest BCUT2D eigenvalue weighted by Gasteiger charge is -2.32. The molecule has 0 saturated carbocycles. The van der Waals surface area contributed by atoms with Gasteiger partial charge in [-0.2, -0.15) is 4.31 Å². The number of aliphatic hydroxyl groups is 1. The Labute approximate surface area is 127 Å². The molecule has 112 valence electrons. The van der Waals surface area contributed by atoms with Crippen molar-refractivity contribution >= 4 is 31.8 Å². The molecule has 2 heterocycles. The van der Waals surface area contributed by atoms with E-state index in [1.54, 1.807) is 6.92 Å². The zero-order valence-electron chi connectivity index (χ0n) is 11.2. The molecule has 0 amide bonds. The van der Waals surface area contributed by atoms with Crippen LogP contribution in [0.1, 0.15) is 19.8 Å². The first-order valence-electron chi connectivity index (χ1n) is 6.41. The van der Waals surface area contributed by atoms with Crippen molar-refractivity contribution in [3.8, 4) is 0 Å². The van der Waals surface area contributed by atoms with Gasteiger partial charge >= 0.3 is 0 Å². The lowest BCUT2D eigenvalue weighted by molar-refractivity contribution is 0.0912. The van der Waals surface area contributed by atoms with Gasteiger partial charge in [0.2, 0.25) is 10.0 Å². The van der Waals surface area contributed by atoms with Crippen LogP contribution in [0, 0.1) is 5.92 Å². The monoisotopic (exact) mass is 363 g/mol. The van der Waals surface area contributed by atoms with Crippen molar-refractivity contribution in [2.45, 2.75) is 30.8 Å². The van der Waals surface area contributed by atoms with E-state index in [-0.39, 0.29) is 16.6 Å². The van der Waals surface area contributed by atoms with E-state index in [9.17, 15) is 13.5 Å². The largest absolute Gasteiger partial charge is 0.393 e. The van der Waals surface area contributed by atoms with Gasteiger partial charge in [0.1, 0.15) is 10.7 Å². The fourth-order valence-corrected chi connectivity index (χ4v) is 4.42. The molecule has 1 saturated heterocycles. The molecular weight excluding hydrogens is 346 g/mol. The van der Waals surface area contributed by atoms with Crippen molar-refractivity contribution in [1.82, 2.24) is 9.29 Å². The number of pyridine rings is 1. The number of rotatable bonds is 3. The van der Waals surface area contributed by atoms with E-state index < -0.39 is 16.1 Å². The maximum Gasteiger partial charge on any atom is 0.246 e. The van der Waals surface area contributed by atoms with Gasteiger partial charge in [0, 0.05) is 23.8 Å². The number of hydrogen-bond donors (Lipinski definition) is 2. The summed E-state index contributed by atoms with van der Waals surface area (Å²) in [5.74, 6) is 0.158. The predicted octanol–water partition coefficient (Wildman–Crippen LogP) is 1.21. The van der Waals surface area contributed by atoms with E-state index >= 15 is 0 Å². The first-order valence-corrected chi connectivity index (χ1v) is 8.65. The number of aromatic nitrogens is 1. The molecule has 1 aliphatic rings. The van der Waals surface area contributed by atoms with Crippen LogP contribution in [0.5, 0.6) is 0 Å². The summed E-state index contributed by atoms with van der Waals surface area (Å²) < 4.78 is 27.1. The van der Waals surface area contributed by atoms with Gasteiger partial charge in [-0.3, -0.25) is 0 Å². The first-order chi connectivity index (χ1) is 9.32. The molecule has 6 nitrogen and oxygen atoms in total. The minimum atomic E-state index is -3.63. The Kier molecular flexibility index (Phi) is 4.68. The third-order valence-electron chi connectivity index (χ3n) is 3.65. The van der Waals surface area contributed by atoms with Gasteiger partial charge in [-0.25, -0.2) is 13.4 Å². The molecule has 20 heavy (non-hydrogen) atoms. The number of piperidine rings is 1. The van der Waals surface area contributed by atoms with Crippen LogP contribution in [0.3, 0.4) is 0 Å². The summed E-state index contributed by atoms with van der Waals surface area (Å²) in [5, 5.41) is 9.56. The molecule has 0 aliphatic carbocycles. The molecule has 0 spiro atoms. The van der Waals surface area contributed by atoms with E-state index in [0.717, 1.165) is 0 Å². The highest BCUT2D eigenvalue weighted by atomic mass is 79.9. The van der Waals surface area contributed by atoms with Crippen LogP contribution in [0.4, 0.5) is 5.82 Å². The molecule has 1 aliphatic heterocycles. The Bertz CT molecular complexity index is 584. The van der Waals surface area contributed by atoms with Crippen LogP contribution in [-0.4, -0.2) is 42.0 Å². The Hall–Kier alpha value is -0.700. The van der Waals surface area contributed by atoms with Crippen LogP contribution in [0.25, 0.3) is 0 Å². The van der Waals surface area contributed by atoms with E-state index in [2.05, 4.69) is 20.9 Å². The van der Waals surface area contributed by atoms with Crippen molar-refractivity contribution in [3.05, 3.63) is 16.7 Å². The lowest BCUT2D eigenvalue weighted by atomic mass is 9.93. The Morgan fingerprint density at radius 3 is 2.65 bits per heavy atom. The normalized spacial score (nSPS) is 19.9. The molecule has 2 rings (SSSR count). The molecular formula is C12H18BrN3O3S. The number of nitrogens with zero attached hydrogens (tertiary/aromatic N) is 2. The minimum absolute atomic E-state index is 0.00542. The summed E-state index contributed by atoms with van der Waals surface area (Å²) in [6.45, 7) is 2.53. The van der Waals surface area contributed by atoms with E-state index in [1.165, 1.54) is 16.6 Å². The molecule has 1 unspecified atom stereocenters. The highest BCUT2D eigenvalue weighted by molar-refractivity contribution is 9.10. The second-order valence-electron chi connectivity index (χ2n) is 5.02. The molecule has 0 radical (unpaired) electrons. The zero-order valence-corrected chi connectivity index (χ0v) is 13.6. The molecule has 8 heteroatoms. The predicted molar refractivity (Wildman–Crippen MR) is 79.5 cm³/mol. The van der Waals surface area contributed by atoms with E-state index in [4.69, 9.17) is 5.73 Å². The van der Waals surface area contributed by atoms with Gasteiger partial charge in [-0.1, -0.05) is 0 Å². The summed E-state index contributed by atoms with van der Waals surface area (Å²) in [6, 6.07) is 1.47. The van der Waals surface area contributed by atoms with Gasteiger partial charge in [0.25, 0.3) is 0 Å². The van der Waals surface area contributed by atoms with Crippen LogP contribution < -0.4 is 5.73 Å². The fraction of sp³-hybridized carbons (Fsp3) is 0.583. The van der Waals surface area contributed by atoms with Crippen LogP contribution >= 0.6 is 15.9 Å². The van der Waals surface area contributed by atoms with Crippen molar-refractivity contribution in [1.29, 1.82) is 0 Å². The fourth-order valence-electron chi connectivity index (χ4n) is 2.38. The summed E-state index contributed by atoms with van der Waals surface area (Å²) >= 11 is 3.21. The standard InChI is InChI=1S/C12H18BrN3O3S/c1-8(17)9-2-4-16(5-3-9)20(18,19)11-6-10(13)7-15-12(11)14/h6-9,17H,2-5H2,1H3,(H2,14,15). The average Bonchev–Trinajstić information content (AvgIpc) is 2.41. The van der Waals surface area contributed by atoms with Crippen LogP contribution in [-0.2, 0) is 10.0 Å². The SMILES string of the molecule is CC(O)C1CCN(S(=O)(=O)c2cc(Br)cnc2N)CC1. The zero-order chi connectivity index (χ0) is 14.9. The molecule has 1 fully saturated rings. The molecule has 1 atom stereocenters. The summed E-state index contributed by atoms with van der Waals surface area (Å²) in [5.41, 5.74) is 5.68. The van der Waals surface area contributed by atoms with Crippen molar-refractivity contribution < 1.29 is 13.5 Å². The lowest BCUT2D eigenvalue weighted by Crippen LogP contribution is -2.40. The number of anilines is 1. The maximum atomic E-state index is 12.6. The summed E-state index contributed by atoms with van der Waals surface area (Å²) in [7, 11) is -3.63. The van der Waals surface area contributed by atoms with Gasteiger partial charge in [0.15, 0.2) is 0 Å². The van der Waals surface area contributed by atoms with Crippen LogP contribution in [0.15, 0.2) is 21.6 Å². The van der Waals surface area contributed by atoms with Crippen LogP contribution in [0.2, 0.25) is 0 Å². The summed E-state index contributed by atoms with van der Waals surface area (Å²) in [4.78, 5) is 3.90. The highest BCUT2D eigenvalue weighted by Crippen LogP contribution is 2.28. The van der Waals surface area contributed by atoms with Crippen molar-refractivity contribution in [2.75, 3.05) is 18.8 Å². The highest BCUT2D eigenvalue weighted by Gasteiger charge is 2.32. The topological polar surface area (TPSA) is 96.5 Å². The van der Waals surface area contributed by atoms with Gasteiger partial charge in [0.05, 0.1) is 6.10 Å². The second-order valence-corrected chi connectivity index (χ2v) is 7.84. The van der Waals surface area contributed by atoms with Gasteiger partial charge in [-0.05, 0) is 47.7 Å². The molecule has 0 aromatic carbocycles. The Balaban J connectivity index is 2.22. The number of aliphatic hydroxyl groups excluding tert-OH is 1. The third kappa shape index (κ3) is 3.13. The van der Waals surface area contributed by atoms with Crippen molar-refractivity contribution in [2.24, 2.45) is 5.92 Å². The minimum Gasteiger partial charge on any atom is -0.393 e. The average molecular weight is 364 g/mol. The summed E-state index contributed by atoms with van der Waals surface area (Å²) in [6.07, 6.45) is 2.36. The maximum absolute atomic E-state index is 12.6. The number of nitrogen functional groups attached to an aromatic ring is 1. The number of nitrogens with two attached hydrogens (primary N) is 1. The number of halogens is 1. The third-order valence-corrected chi connectivity index (χ3v) is 6.01. The molecule has 3 N–H and O–H groups in total. The number of hydrogen-bond acceptors (Lipinski definition) is 5.